The Morgan fingerprint density at radius 1 is 1.64 bits per heavy atom. The number of amides is 1. The standard InChI is InChI=1S/C10H20N2O2/c1-8(13)7-11-9(14)10(2)5-3-4-6-12-10/h8,12-13H,3-7H2,1-2H3,(H,11,14)/t8-,10?/m1/s1. The molecule has 0 aliphatic carbocycles. The number of aliphatic hydroxyl groups excluding tert-OH is 1. The Hall–Kier alpha value is -0.610. The van der Waals surface area contributed by atoms with Crippen molar-refractivity contribution < 1.29 is 9.90 Å². The van der Waals surface area contributed by atoms with E-state index >= 15 is 0 Å². The summed E-state index contributed by atoms with van der Waals surface area (Å²) in [6, 6.07) is 0. The van der Waals surface area contributed by atoms with Crippen LogP contribution in [0.4, 0.5) is 0 Å². The van der Waals surface area contributed by atoms with Crippen molar-refractivity contribution in [2.24, 2.45) is 0 Å². The lowest BCUT2D eigenvalue weighted by atomic mass is 9.90. The van der Waals surface area contributed by atoms with Crippen LogP contribution in [-0.4, -0.2) is 35.7 Å². The van der Waals surface area contributed by atoms with Gasteiger partial charge in [-0.3, -0.25) is 4.79 Å². The molecule has 1 heterocycles. The summed E-state index contributed by atoms with van der Waals surface area (Å²) in [5.41, 5.74) is -0.437. The molecule has 1 aliphatic heterocycles. The van der Waals surface area contributed by atoms with Crippen molar-refractivity contribution >= 4 is 5.91 Å². The van der Waals surface area contributed by atoms with Gasteiger partial charge >= 0.3 is 0 Å². The van der Waals surface area contributed by atoms with Crippen LogP contribution in [0.15, 0.2) is 0 Å². The summed E-state index contributed by atoms with van der Waals surface area (Å²) < 4.78 is 0. The zero-order valence-corrected chi connectivity index (χ0v) is 8.97. The van der Waals surface area contributed by atoms with E-state index in [1.54, 1.807) is 6.92 Å². The predicted molar refractivity (Wildman–Crippen MR) is 54.9 cm³/mol. The van der Waals surface area contributed by atoms with Crippen molar-refractivity contribution in [3.05, 3.63) is 0 Å². The SMILES string of the molecule is C[C@@H](O)CNC(=O)C1(C)CCCCN1. The highest BCUT2D eigenvalue weighted by atomic mass is 16.3. The van der Waals surface area contributed by atoms with E-state index < -0.39 is 11.6 Å². The summed E-state index contributed by atoms with van der Waals surface area (Å²) in [6.07, 6.45) is 2.62. The average molecular weight is 200 g/mol. The molecule has 0 spiro atoms. The van der Waals surface area contributed by atoms with E-state index in [0.29, 0.717) is 6.54 Å². The van der Waals surface area contributed by atoms with Gasteiger partial charge in [-0.15, -0.1) is 0 Å². The van der Waals surface area contributed by atoms with Crippen LogP contribution < -0.4 is 10.6 Å². The lowest BCUT2D eigenvalue weighted by Crippen LogP contribution is -2.57. The molecule has 0 aromatic heterocycles. The fourth-order valence-corrected chi connectivity index (χ4v) is 1.69. The first-order chi connectivity index (χ1) is 6.54. The molecule has 1 saturated heterocycles. The van der Waals surface area contributed by atoms with Crippen molar-refractivity contribution in [2.75, 3.05) is 13.1 Å². The summed E-state index contributed by atoms with van der Waals surface area (Å²) in [7, 11) is 0. The van der Waals surface area contributed by atoms with Crippen LogP contribution >= 0.6 is 0 Å². The first-order valence-electron chi connectivity index (χ1n) is 5.26. The number of piperidine rings is 1. The molecule has 3 N–H and O–H groups in total. The fourth-order valence-electron chi connectivity index (χ4n) is 1.69. The minimum absolute atomic E-state index is 0.00176. The Balaban J connectivity index is 2.41. The summed E-state index contributed by atoms with van der Waals surface area (Å²) in [5.74, 6) is -0.00176. The van der Waals surface area contributed by atoms with E-state index in [2.05, 4.69) is 10.6 Å². The van der Waals surface area contributed by atoms with Gasteiger partial charge in [0.25, 0.3) is 0 Å². The van der Waals surface area contributed by atoms with Crippen molar-refractivity contribution in [2.45, 2.75) is 44.8 Å². The monoisotopic (exact) mass is 200 g/mol. The molecule has 0 radical (unpaired) electrons. The van der Waals surface area contributed by atoms with E-state index in [-0.39, 0.29) is 5.91 Å². The number of nitrogens with one attached hydrogen (secondary N) is 2. The highest BCUT2D eigenvalue weighted by Crippen LogP contribution is 2.18. The van der Waals surface area contributed by atoms with Crippen molar-refractivity contribution in [3.8, 4) is 0 Å². The van der Waals surface area contributed by atoms with E-state index in [1.165, 1.54) is 0 Å². The minimum atomic E-state index is -0.480. The fraction of sp³-hybridized carbons (Fsp3) is 0.900. The molecular weight excluding hydrogens is 180 g/mol. The van der Waals surface area contributed by atoms with Crippen molar-refractivity contribution in [3.63, 3.8) is 0 Å². The Morgan fingerprint density at radius 3 is 2.86 bits per heavy atom. The van der Waals surface area contributed by atoms with Gasteiger partial charge in [0, 0.05) is 6.54 Å². The Labute approximate surface area is 85.1 Å². The van der Waals surface area contributed by atoms with Gasteiger partial charge in [-0.2, -0.15) is 0 Å². The second-order valence-electron chi connectivity index (χ2n) is 4.28. The van der Waals surface area contributed by atoms with Gasteiger partial charge in [0.05, 0.1) is 11.6 Å². The Bertz CT molecular complexity index is 198. The number of hydrogen-bond acceptors (Lipinski definition) is 3. The Kier molecular flexibility index (Phi) is 3.89. The number of carbonyl (C=O) groups is 1. The van der Waals surface area contributed by atoms with E-state index in [0.717, 1.165) is 25.8 Å². The average Bonchev–Trinajstić information content (AvgIpc) is 2.15. The molecule has 1 rings (SSSR count). The topological polar surface area (TPSA) is 61.4 Å². The molecule has 0 saturated carbocycles. The van der Waals surface area contributed by atoms with Gasteiger partial charge in [-0.1, -0.05) is 0 Å². The smallest absolute Gasteiger partial charge is 0.240 e. The van der Waals surface area contributed by atoms with Gasteiger partial charge < -0.3 is 15.7 Å². The normalized spacial score (nSPS) is 29.6. The summed E-state index contributed by atoms with van der Waals surface area (Å²) >= 11 is 0. The molecule has 4 heteroatoms. The molecule has 1 fully saturated rings. The molecule has 2 atom stereocenters. The van der Waals surface area contributed by atoms with Gasteiger partial charge in [-0.05, 0) is 39.7 Å². The quantitative estimate of drug-likeness (QED) is 0.601. The second-order valence-corrected chi connectivity index (χ2v) is 4.28. The maximum Gasteiger partial charge on any atom is 0.240 e. The third kappa shape index (κ3) is 2.96. The van der Waals surface area contributed by atoms with Crippen LogP contribution in [0.3, 0.4) is 0 Å². The predicted octanol–water partition coefficient (Wildman–Crippen LogP) is 0.0156. The molecular formula is C10H20N2O2. The van der Waals surface area contributed by atoms with Gasteiger partial charge in [0.15, 0.2) is 0 Å². The highest BCUT2D eigenvalue weighted by Gasteiger charge is 2.33. The van der Waals surface area contributed by atoms with Crippen LogP contribution in [0.2, 0.25) is 0 Å². The molecule has 82 valence electrons. The Morgan fingerprint density at radius 2 is 2.36 bits per heavy atom. The highest BCUT2D eigenvalue weighted by molar-refractivity contribution is 5.85. The lowest BCUT2D eigenvalue weighted by molar-refractivity contribution is -0.128. The zero-order chi connectivity index (χ0) is 10.6. The lowest BCUT2D eigenvalue weighted by Gasteiger charge is -2.33. The molecule has 4 nitrogen and oxygen atoms in total. The maximum absolute atomic E-state index is 11.7. The van der Waals surface area contributed by atoms with E-state index in [1.807, 2.05) is 6.92 Å². The van der Waals surface area contributed by atoms with Crippen LogP contribution in [0.1, 0.15) is 33.1 Å². The number of aliphatic hydroxyl groups is 1. The third-order valence-corrected chi connectivity index (χ3v) is 2.68. The van der Waals surface area contributed by atoms with Crippen molar-refractivity contribution in [1.82, 2.24) is 10.6 Å². The van der Waals surface area contributed by atoms with Crippen molar-refractivity contribution in [1.29, 1.82) is 0 Å². The van der Waals surface area contributed by atoms with Gasteiger partial charge in [0.1, 0.15) is 0 Å². The molecule has 1 aliphatic rings. The second kappa shape index (κ2) is 4.75. The summed E-state index contributed by atoms with van der Waals surface area (Å²) in [6.45, 7) is 4.81. The number of rotatable bonds is 3. The molecule has 1 amide bonds. The van der Waals surface area contributed by atoms with Crippen LogP contribution in [0, 0.1) is 0 Å². The van der Waals surface area contributed by atoms with Crippen LogP contribution in [0.25, 0.3) is 0 Å². The van der Waals surface area contributed by atoms with Crippen LogP contribution in [0.5, 0.6) is 0 Å². The maximum atomic E-state index is 11.7. The van der Waals surface area contributed by atoms with E-state index in [4.69, 9.17) is 5.11 Å². The minimum Gasteiger partial charge on any atom is -0.392 e. The third-order valence-electron chi connectivity index (χ3n) is 2.68. The van der Waals surface area contributed by atoms with Gasteiger partial charge in [-0.25, -0.2) is 0 Å². The molecule has 1 unspecified atom stereocenters. The first-order valence-corrected chi connectivity index (χ1v) is 5.26. The first kappa shape index (κ1) is 11.5. The zero-order valence-electron chi connectivity index (χ0n) is 8.97. The van der Waals surface area contributed by atoms with E-state index in [9.17, 15) is 4.79 Å². The number of hydrogen-bond donors (Lipinski definition) is 3. The van der Waals surface area contributed by atoms with Crippen LogP contribution in [-0.2, 0) is 4.79 Å². The summed E-state index contributed by atoms with van der Waals surface area (Å²) in [4.78, 5) is 11.7. The largest absolute Gasteiger partial charge is 0.392 e. The number of carbonyl (C=O) groups excluding carboxylic acids is 1. The molecule has 0 aromatic carbocycles. The molecule has 0 aromatic rings. The molecule has 14 heavy (non-hydrogen) atoms. The molecule has 0 bridgehead atoms. The van der Waals surface area contributed by atoms with Gasteiger partial charge in [0.2, 0.25) is 5.91 Å². The summed E-state index contributed by atoms with van der Waals surface area (Å²) in [5, 5.41) is 15.0.